The lowest BCUT2D eigenvalue weighted by atomic mass is 9.77. The van der Waals surface area contributed by atoms with Crippen molar-refractivity contribution in [1.29, 1.82) is 0 Å². The number of fused-ring (bicyclic) bond motifs is 5. The second kappa shape index (κ2) is 11.0. The Morgan fingerprint density at radius 3 is 1.22 bits per heavy atom. The minimum absolute atomic E-state index is 0.0556. The van der Waals surface area contributed by atoms with Crippen LogP contribution < -0.4 is 4.52 Å². The van der Waals surface area contributed by atoms with E-state index < -0.39 is 8.24 Å². The highest BCUT2D eigenvalue weighted by Crippen LogP contribution is 2.48. The number of rotatable bonds is 2. The molecule has 1 heterocycles. The zero-order valence-electron chi connectivity index (χ0n) is 29.7. The van der Waals surface area contributed by atoms with Gasteiger partial charge < -0.3 is 12.9 Å². The smallest absolute Gasteiger partial charge is 0.390 e. The summed E-state index contributed by atoms with van der Waals surface area (Å²) in [7, 11) is -1.90. The lowest BCUT2D eigenvalue weighted by Crippen LogP contribution is -2.17. The van der Waals surface area contributed by atoms with Crippen LogP contribution in [-0.4, -0.2) is 0 Å². The van der Waals surface area contributed by atoms with Gasteiger partial charge >= 0.3 is 8.24 Å². The molecule has 0 aliphatic heterocycles. The zero-order chi connectivity index (χ0) is 33.4. The summed E-state index contributed by atoms with van der Waals surface area (Å²) in [6, 6.07) is 28.4. The number of hydrogen-bond acceptors (Lipinski definition) is 3. The summed E-state index contributed by atoms with van der Waals surface area (Å²) in [5.74, 6) is 0.789. The maximum Gasteiger partial charge on any atom is 0.453 e. The van der Waals surface area contributed by atoms with Crippen LogP contribution in [-0.2, 0) is 21.7 Å². The van der Waals surface area contributed by atoms with Crippen molar-refractivity contribution >= 4 is 51.7 Å². The van der Waals surface area contributed by atoms with Crippen molar-refractivity contribution in [2.75, 3.05) is 0 Å². The summed E-state index contributed by atoms with van der Waals surface area (Å²) in [6.07, 6.45) is 0. The molecule has 0 atom stereocenters. The molecule has 3 nitrogen and oxygen atoms in total. The summed E-state index contributed by atoms with van der Waals surface area (Å²) in [4.78, 5) is 0. The summed E-state index contributed by atoms with van der Waals surface area (Å²) >= 11 is 0. The Balaban J connectivity index is 1.83. The molecule has 0 fully saturated rings. The van der Waals surface area contributed by atoms with Crippen molar-refractivity contribution in [3.8, 4) is 5.75 Å². The molecular formula is C42H49O3P. The van der Waals surface area contributed by atoms with Crippen LogP contribution in [0.2, 0.25) is 0 Å². The molecule has 0 aliphatic rings. The van der Waals surface area contributed by atoms with Crippen molar-refractivity contribution in [2.45, 2.75) is 105 Å². The quantitative estimate of drug-likeness (QED) is 0.178. The van der Waals surface area contributed by atoms with Gasteiger partial charge in [-0.3, -0.25) is 0 Å². The SMILES string of the molecule is CC(C)(C)c1cc(C(C)(C)C)c2op(Oc3c4ccccc4cc4ccccc34)oc3c(C(C)(C)C)cc(C(C)(C)C)cc3c2c1. The first-order chi connectivity index (χ1) is 21.3. The third kappa shape index (κ3) is 5.95. The fourth-order valence-corrected chi connectivity index (χ4v) is 7.33. The molecule has 6 rings (SSSR count). The number of benzene rings is 5. The molecule has 0 amide bonds. The van der Waals surface area contributed by atoms with Gasteiger partial charge in [0.05, 0.1) is 0 Å². The van der Waals surface area contributed by atoms with Gasteiger partial charge in [0.2, 0.25) is 0 Å². The first kappa shape index (κ1) is 32.3. The second-order valence-electron chi connectivity index (χ2n) is 16.9. The third-order valence-corrected chi connectivity index (χ3v) is 10.0. The standard InChI is InChI=1S/C42H49O3P/c1-39(2,3)28-22-32-33-23-29(40(4,5)6)25-35(42(10,11)12)38(33)45-46(44-37(32)34(24-28)41(7,8)9)43-36-30-19-15-13-17-26(30)21-27-18-14-16-20-31(27)36/h13-25H,1-12H3. The summed E-state index contributed by atoms with van der Waals surface area (Å²) < 4.78 is 21.2. The average molecular weight is 633 g/mol. The van der Waals surface area contributed by atoms with Crippen LogP contribution in [0.25, 0.3) is 43.5 Å². The molecule has 6 aromatic rings. The minimum atomic E-state index is -1.90. The fourth-order valence-electron chi connectivity index (χ4n) is 6.18. The highest BCUT2D eigenvalue weighted by molar-refractivity contribution is 7.32. The Morgan fingerprint density at radius 2 is 0.848 bits per heavy atom. The summed E-state index contributed by atoms with van der Waals surface area (Å²) in [5, 5.41) is 6.47. The fraction of sp³-hybridized carbons (Fsp3) is 0.381. The van der Waals surface area contributed by atoms with Gasteiger partial charge in [0.1, 0.15) is 11.2 Å². The van der Waals surface area contributed by atoms with Gasteiger partial charge in [-0.05, 0) is 61.8 Å². The molecule has 0 unspecified atom stereocenters. The van der Waals surface area contributed by atoms with Gasteiger partial charge in [0.25, 0.3) is 0 Å². The summed E-state index contributed by atoms with van der Waals surface area (Å²) in [6.45, 7) is 27.3. The van der Waals surface area contributed by atoms with Crippen molar-refractivity contribution < 1.29 is 12.9 Å². The van der Waals surface area contributed by atoms with Crippen molar-refractivity contribution in [1.82, 2.24) is 0 Å². The van der Waals surface area contributed by atoms with E-state index in [1.165, 1.54) is 11.1 Å². The Labute approximate surface area is 275 Å². The molecule has 5 aromatic carbocycles. The van der Waals surface area contributed by atoms with Gasteiger partial charge in [0, 0.05) is 32.7 Å². The monoisotopic (exact) mass is 632 g/mol. The molecule has 0 saturated carbocycles. The van der Waals surface area contributed by atoms with Gasteiger partial charge in [-0.1, -0.05) is 144 Å². The normalized spacial score (nSPS) is 13.2. The van der Waals surface area contributed by atoms with Crippen molar-refractivity contribution in [2.24, 2.45) is 0 Å². The molecule has 0 bridgehead atoms. The van der Waals surface area contributed by atoms with Gasteiger partial charge in [-0.2, -0.15) is 0 Å². The van der Waals surface area contributed by atoms with Crippen LogP contribution in [0.15, 0.2) is 87.3 Å². The van der Waals surface area contributed by atoms with E-state index >= 15 is 0 Å². The first-order valence-corrected chi connectivity index (χ1v) is 17.5. The highest BCUT2D eigenvalue weighted by Gasteiger charge is 2.29. The maximum atomic E-state index is 7.08. The molecule has 1 aromatic heterocycles. The lowest BCUT2D eigenvalue weighted by molar-refractivity contribution is 0.493. The largest absolute Gasteiger partial charge is 0.453 e. The van der Waals surface area contributed by atoms with Gasteiger partial charge in [-0.15, -0.1) is 0 Å². The van der Waals surface area contributed by atoms with Crippen molar-refractivity contribution in [3.63, 3.8) is 0 Å². The molecule has 0 N–H and O–H groups in total. The molecule has 46 heavy (non-hydrogen) atoms. The zero-order valence-corrected chi connectivity index (χ0v) is 30.6. The topological polar surface area (TPSA) is 35.5 Å². The molecule has 240 valence electrons. The third-order valence-electron chi connectivity index (χ3n) is 9.04. The van der Waals surface area contributed by atoms with Crippen molar-refractivity contribution in [3.05, 3.63) is 101 Å². The van der Waals surface area contributed by atoms with E-state index in [1.807, 2.05) is 0 Å². The van der Waals surface area contributed by atoms with E-state index in [4.69, 9.17) is 12.9 Å². The van der Waals surface area contributed by atoms with Crippen LogP contribution >= 0.6 is 8.24 Å². The molecule has 4 heteroatoms. The average Bonchev–Trinajstić information content (AvgIpc) is 3.10. The Kier molecular flexibility index (Phi) is 7.68. The van der Waals surface area contributed by atoms with E-state index in [-0.39, 0.29) is 21.7 Å². The Morgan fingerprint density at radius 1 is 0.457 bits per heavy atom. The van der Waals surface area contributed by atoms with Crippen LogP contribution in [0.4, 0.5) is 0 Å². The molecule has 0 aliphatic carbocycles. The van der Waals surface area contributed by atoms with E-state index in [2.05, 4.69) is 162 Å². The van der Waals surface area contributed by atoms with Gasteiger partial charge in [0.15, 0.2) is 5.75 Å². The Hall–Kier alpha value is -3.68. The summed E-state index contributed by atoms with van der Waals surface area (Å²) in [5.41, 5.74) is 6.08. The van der Waals surface area contributed by atoms with E-state index in [0.29, 0.717) is 0 Å². The minimum Gasteiger partial charge on any atom is -0.390 e. The maximum absolute atomic E-state index is 7.08. The molecule has 0 radical (unpaired) electrons. The molecular weight excluding hydrogens is 583 g/mol. The van der Waals surface area contributed by atoms with E-state index in [1.54, 1.807) is 0 Å². The van der Waals surface area contributed by atoms with E-state index in [9.17, 15) is 0 Å². The number of hydrogen-bond donors (Lipinski definition) is 0. The first-order valence-electron chi connectivity index (χ1n) is 16.5. The predicted molar refractivity (Wildman–Crippen MR) is 199 cm³/mol. The van der Waals surface area contributed by atoms with Crippen LogP contribution in [0.5, 0.6) is 5.75 Å². The highest BCUT2D eigenvalue weighted by atomic mass is 31.1. The molecule has 0 spiro atoms. The Bertz CT molecular complexity index is 2010. The van der Waals surface area contributed by atoms with Crippen LogP contribution in [0.1, 0.15) is 105 Å². The second-order valence-corrected chi connectivity index (χ2v) is 17.9. The predicted octanol–water partition coefficient (Wildman–Crippen LogP) is 13.6. The molecule has 0 saturated heterocycles. The van der Waals surface area contributed by atoms with Crippen LogP contribution in [0, 0.1) is 0 Å². The lowest BCUT2D eigenvalue weighted by Gasteiger charge is -2.27. The van der Waals surface area contributed by atoms with E-state index in [0.717, 1.165) is 60.4 Å². The van der Waals surface area contributed by atoms with Crippen LogP contribution in [0.3, 0.4) is 0 Å². The van der Waals surface area contributed by atoms with Gasteiger partial charge in [-0.25, -0.2) is 0 Å².